The number of alkyl carbamates (subject to hydrolysis) is 1. The number of pyridine rings is 1. The molecular formula is C39H50F3N5O9S. The number of fused-ring (bicyclic) bond motifs is 3. The molecule has 1 aromatic heterocycles. The second-order valence-corrected chi connectivity index (χ2v) is 18.1. The normalized spacial score (nSPS) is 29.2. The lowest BCUT2D eigenvalue weighted by Gasteiger charge is -2.35. The molecule has 0 unspecified atom stereocenters. The molecule has 14 nitrogen and oxygen atoms in total. The van der Waals surface area contributed by atoms with Crippen LogP contribution >= 0.6 is 0 Å². The Hall–Kier alpha value is -4.61. The molecule has 18 heteroatoms. The fraction of sp³-hybridized carbons (Fsp3) is 0.615. The predicted octanol–water partition coefficient (Wildman–Crippen LogP) is 4.91. The molecule has 2 aromatic rings. The van der Waals surface area contributed by atoms with Crippen LogP contribution in [0.3, 0.4) is 0 Å². The summed E-state index contributed by atoms with van der Waals surface area (Å²) in [5.74, 6) is -2.81. The van der Waals surface area contributed by atoms with Crippen LogP contribution in [0.5, 0.6) is 11.6 Å². The van der Waals surface area contributed by atoms with Crippen molar-refractivity contribution >= 4 is 44.6 Å². The molecule has 3 N–H and O–H groups in total. The molecule has 3 fully saturated rings. The van der Waals surface area contributed by atoms with Crippen LogP contribution in [0, 0.1) is 17.8 Å². The zero-order valence-corrected chi connectivity index (χ0v) is 33.4. The number of carbonyl (C=O) groups is 4. The topological polar surface area (TPSA) is 182 Å². The van der Waals surface area contributed by atoms with Crippen LogP contribution in [0.1, 0.15) is 79.1 Å². The molecule has 2 saturated carbocycles. The van der Waals surface area contributed by atoms with E-state index in [1.54, 1.807) is 37.3 Å². The van der Waals surface area contributed by atoms with Gasteiger partial charge < -0.3 is 29.7 Å². The summed E-state index contributed by atoms with van der Waals surface area (Å²) >= 11 is 0. The number of benzene rings is 1. The number of alkyl halides is 3. The quantitative estimate of drug-likeness (QED) is 0.294. The van der Waals surface area contributed by atoms with Crippen LogP contribution in [0.4, 0.5) is 18.0 Å². The summed E-state index contributed by atoms with van der Waals surface area (Å²) in [7, 11) is -2.46. The number of allylic oxidation sites excluding steroid dienone is 1. The van der Waals surface area contributed by atoms with Crippen molar-refractivity contribution in [3.63, 3.8) is 0 Å². The Morgan fingerprint density at radius 3 is 2.49 bits per heavy atom. The van der Waals surface area contributed by atoms with Crippen molar-refractivity contribution in [2.45, 2.75) is 120 Å². The number of ether oxygens (including phenoxy) is 3. The number of nitrogens with zero attached hydrogens (tertiary/aromatic N) is 2. The van der Waals surface area contributed by atoms with E-state index < -0.39 is 86.4 Å². The van der Waals surface area contributed by atoms with Crippen molar-refractivity contribution in [2.24, 2.45) is 17.8 Å². The molecule has 7 atom stereocenters. The summed E-state index contributed by atoms with van der Waals surface area (Å²) < 4.78 is 85.9. The highest BCUT2D eigenvalue weighted by Gasteiger charge is 2.62. The highest BCUT2D eigenvalue weighted by molar-refractivity contribution is 7.91. The maximum atomic E-state index is 14.8. The number of sulfonamides is 1. The monoisotopic (exact) mass is 821 g/mol. The number of amides is 4. The summed E-state index contributed by atoms with van der Waals surface area (Å²) in [6.07, 6.45) is 0.690. The molecule has 2 aliphatic carbocycles. The number of methoxy groups -OCH3 is 1. The SMILES string of the molecule is CC[C@@H]1C[C@H](C)CC/C=C\[C@@H]2C[C@@]2(C(=O)NS(=O)(=O)C2CC2)NC(=O)[C@@H]2C[C@@H](Oc3nccc4c(OC)cccc34)CN2C(=O)[C@H]1NC(=O)OC(C)(C)C(F)(F)F. The Kier molecular flexibility index (Phi) is 11.8. The fourth-order valence-corrected chi connectivity index (χ4v) is 9.11. The highest BCUT2D eigenvalue weighted by atomic mass is 32.2. The molecule has 4 amide bonds. The van der Waals surface area contributed by atoms with Gasteiger partial charge in [-0.25, -0.2) is 18.2 Å². The number of hydrogen-bond donors (Lipinski definition) is 3. The van der Waals surface area contributed by atoms with Gasteiger partial charge in [-0.3, -0.25) is 19.1 Å². The second kappa shape index (κ2) is 16.0. The Bertz CT molecular complexity index is 2020. The lowest BCUT2D eigenvalue weighted by Crippen LogP contribution is -2.59. The van der Waals surface area contributed by atoms with Gasteiger partial charge >= 0.3 is 12.3 Å². The lowest BCUT2D eigenvalue weighted by atomic mass is 9.85. The molecule has 6 rings (SSSR count). The fourth-order valence-electron chi connectivity index (χ4n) is 7.74. The minimum absolute atomic E-state index is 0.0277. The van der Waals surface area contributed by atoms with E-state index in [2.05, 4.69) is 20.3 Å². The minimum atomic E-state index is -4.91. The van der Waals surface area contributed by atoms with E-state index in [0.29, 0.717) is 68.9 Å². The molecule has 312 valence electrons. The van der Waals surface area contributed by atoms with Crippen LogP contribution < -0.4 is 24.8 Å². The Labute approximate surface area is 329 Å². The van der Waals surface area contributed by atoms with Crippen molar-refractivity contribution in [3.8, 4) is 11.6 Å². The van der Waals surface area contributed by atoms with Crippen LogP contribution in [0.25, 0.3) is 10.8 Å². The summed E-state index contributed by atoms with van der Waals surface area (Å²) in [6, 6.07) is 4.30. The summed E-state index contributed by atoms with van der Waals surface area (Å²) in [4.78, 5) is 61.9. The number of hydrogen-bond acceptors (Lipinski definition) is 10. The number of rotatable bonds is 9. The Morgan fingerprint density at radius 2 is 1.82 bits per heavy atom. The van der Waals surface area contributed by atoms with Gasteiger partial charge in [-0.2, -0.15) is 13.2 Å². The molecule has 2 aliphatic heterocycles. The molecule has 0 radical (unpaired) electrons. The van der Waals surface area contributed by atoms with Gasteiger partial charge in [0.2, 0.25) is 33.3 Å². The van der Waals surface area contributed by atoms with Crippen LogP contribution in [0.15, 0.2) is 42.6 Å². The molecule has 3 heterocycles. The highest BCUT2D eigenvalue weighted by Crippen LogP contribution is 2.46. The maximum absolute atomic E-state index is 14.8. The first kappa shape index (κ1) is 42.0. The van der Waals surface area contributed by atoms with Gasteiger partial charge in [0.1, 0.15) is 29.5 Å². The zero-order chi connectivity index (χ0) is 41.5. The van der Waals surface area contributed by atoms with Crippen molar-refractivity contribution in [3.05, 3.63) is 42.6 Å². The number of aromatic nitrogens is 1. The van der Waals surface area contributed by atoms with E-state index in [9.17, 15) is 40.8 Å². The van der Waals surface area contributed by atoms with E-state index in [1.807, 2.05) is 13.0 Å². The third-order valence-corrected chi connectivity index (χ3v) is 13.3. The molecule has 1 aromatic carbocycles. The summed E-state index contributed by atoms with van der Waals surface area (Å²) in [6.45, 7) is 4.95. The average Bonchev–Trinajstić information content (AvgIpc) is 4.07. The first-order valence-electron chi connectivity index (χ1n) is 19.3. The standard InChI is InChI=1S/C39H50F3N5O9S/c1-6-23-18-22(2)10-7-8-11-24-20-38(24,35(50)46-57(52,53)26-14-15-26)45-32(48)29-19-25(55-33-28-12-9-13-30(54-5)27(28)16-17-43-33)21-47(29)34(49)31(23)44-36(51)56-37(3,4)39(40,41)42/h8-9,11-13,16-17,22-26,29,31H,6-7,10,14-15,18-21H2,1-5H3,(H,44,51)(H,45,48)(H,46,50)/b11-8-/t22-,23-,24-,25-,29+,31+,38-/m1/s1. The molecule has 0 bridgehead atoms. The maximum Gasteiger partial charge on any atom is 0.427 e. The first-order chi connectivity index (χ1) is 26.8. The predicted molar refractivity (Wildman–Crippen MR) is 201 cm³/mol. The summed E-state index contributed by atoms with van der Waals surface area (Å²) in [5.41, 5.74) is -4.51. The van der Waals surface area contributed by atoms with Crippen molar-refractivity contribution in [2.75, 3.05) is 13.7 Å². The smallest absolute Gasteiger partial charge is 0.427 e. The minimum Gasteiger partial charge on any atom is -0.496 e. The van der Waals surface area contributed by atoms with Gasteiger partial charge in [-0.15, -0.1) is 0 Å². The van der Waals surface area contributed by atoms with Gasteiger partial charge in [0.25, 0.3) is 5.91 Å². The second-order valence-electron chi connectivity index (χ2n) is 16.1. The number of nitrogens with one attached hydrogen (secondary N) is 3. The van der Waals surface area contributed by atoms with Crippen molar-refractivity contribution < 1.29 is 55.0 Å². The number of carbonyl (C=O) groups excluding carboxylic acids is 4. The van der Waals surface area contributed by atoms with E-state index in [1.165, 1.54) is 18.2 Å². The van der Waals surface area contributed by atoms with Gasteiger partial charge in [0.15, 0.2) is 0 Å². The zero-order valence-electron chi connectivity index (χ0n) is 32.6. The molecule has 0 spiro atoms. The van der Waals surface area contributed by atoms with Crippen LogP contribution in [-0.4, -0.2) is 96.5 Å². The molecule has 4 aliphatic rings. The molecular weight excluding hydrogens is 772 g/mol. The van der Waals surface area contributed by atoms with Crippen LogP contribution in [-0.2, 0) is 29.1 Å². The van der Waals surface area contributed by atoms with E-state index in [0.717, 1.165) is 0 Å². The van der Waals surface area contributed by atoms with Gasteiger partial charge in [0, 0.05) is 29.3 Å². The summed E-state index contributed by atoms with van der Waals surface area (Å²) in [5, 5.41) is 5.81. The average molecular weight is 822 g/mol. The first-order valence-corrected chi connectivity index (χ1v) is 20.8. The third-order valence-electron chi connectivity index (χ3n) is 11.5. The molecule has 57 heavy (non-hydrogen) atoms. The Balaban J connectivity index is 1.37. The van der Waals surface area contributed by atoms with Crippen LogP contribution in [0.2, 0.25) is 0 Å². The number of halogens is 3. The third kappa shape index (κ3) is 8.94. The lowest BCUT2D eigenvalue weighted by molar-refractivity contribution is -0.244. The van der Waals surface area contributed by atoms with Crippen molar-refractivity contribution in [1.82, 2.24) is 25.2 Å². The van der Waals surface area contributed by atoms with Crippen molar-refractivity contribution in [1.29, 1.82) is 0 Å². The van der Waals surface area contributed by atoms with Gasteiger partial charge in [0.05, 0.1) is 18.9 Å². The van der Waals surface area contributed by atoms with Gasteiger partial charge in [-0.05, 0) is 82.4 Å². The molecule has 1 saturated heterocycles. The van der Waals surface area contributed by atoms with E-state index >= 15 is 0 Å². The largest absolute Gasteiger partial charge is 0.496 e. The van der Waals surface area contributed by atoms with E-state index in [-0.39, 0.29) is 31.2 Å². The van der Waals surface area contributed by atoms with Gasteiger partial charge in [-0.1, -0.05) is 38.5 Å². The Morgan fingerprint density at radius 1 is 1.09 bits per heavy atom. The van der Waals surface area contributed by atoms with E-state index in [4.69, 9.17) is 14.2 Å².